The van der Waals surface area contributed by atoms with Crippen molar-refractivity contribution in [3.05, 3.63) is 58.4 Å². The van der Waals surface area contributed by atoms with Crippen molar-refractivity contribution in [2.45, 2.75) is 169 Å². The Morgan fingerprint density at radius 1 is 0.548 bits per heavy atom. The van der Waals surface area contributed by atoms with Crippen molar-refractivity contribution in [1.29, 1.82) is 0 Å². The van der Waals surface area contributed by atoms with Gasteiger partial charge in [0, 0.05) is 62.2 Å². The maximum absolute atomic E-state index is 13.7. The van der Waals surface area contributed by atoms with E-state index in [1.54, 1.807) is 21.4 Å². The van der Waals surface area contributed by atoms with E-state index in [0.29, 0.717) is 108 Å². The maximum Gasteiger partial charge on any atom is 0.308 e. The Bertz CT molecular complexity index is 2700. The molecule has 0 atom stereocenters. The van der Waals surface area contributed by atoms with Crippen LogP contribution in [0.4, 0.5) is 0 Å². The Labute approximate surface area is 430 Å². The summed E-state index contributed by atoms with van der Waals surface area (Å²) < 4.78 is 8.35. The molecule has 398 valence electrons. The van der Waals surface area contributed by atoms with E-state index in [1.807, 2.05) is 47.3 Å². The number of fused-ring (bicyclic) bond motifs is 2. The number of carboxylic acids is 1. The molecule has 4 aliphatic rings. The Morgan fingerprint density at radius 3 is 1.22 bits per heavy atom. The monoisotopic (exact) mass is 1010 g/mol. The van der Waals surface area contributed by atoms with Crippen molar-refractivity contribution in [2.24, 2.45) is 23.7 Å². The van der Waals surface area contributed by atoms with Gasteiger partial charge in [-0.25, -0.2) is 19.0 Å². The molecule has 8 rings (SSSR count). The Balaban J connectivity index is 0.000000214. The third-order valence-corrected chi connectivity index (χ3v) is 15.8. The molecule has 0 aromatic carbocycles. The van der Waals surface area contributed by atoms with Crippen molar-refractivity contribution in [3.8, 4) is 0 Å². The van der Waals surface area contributed by atoms with Crippen LogP contribution in [0.2, 0.25) is 0 Å². The van der Waals surface area contributed by atoms with Crippen molar-refractivity contribution >= 4 is 46.9 Å². The number of imidazole rings is 2. The molecule has 73 heavy (non-hydrogen) atoms. The van der Waals surface area contributed by atoms with Gasteiger partial charge in [-0.15, -0.1) is 0 Å². The van der Waals surface area contributed by atoms with Crippen LogP contribution < -0.4 is 0 Å². The van der Waals surface area contributed by atoms with Gasteiger partial charge in [-0.05, 0) is 115 Å². The first kappa shape index (κ1) is 54.8. The number of piperazine rings is 2. The summed E-state index contributed by atoms with van der Waals surface area (Å²) in [6, 6.07) is 4.18. The predicted octanol–water partition coefficient (Wildman–Crippen LogP) is 7.95. The van der Waals surface area contributed by atoms with E-state index in [2.05, 4.69) is 67.5 Å². The highest BCUT2D eigenvalue weighted by Crippen LogP contribution is 2.35. The van der Waals surface area contributed by atoms with Gasteiger partial charge in [0.2, 0.25) is 11.8 Å². The van der Waals surface area contributed by atoms with Gasteiger partial charge < -0.3 is 29.4 Å². The number of amides is 4. The topological polar surface area (TPSA) is 205 Å². The van der Waals surface area contributed by atoms with Crippen molar-refractivity contribution < 1.29 is 38.6 Å². The van der Waals surface area contributed by atoms with Crippen LogP contribution in [0.25, 0.3) is 11.3 Å². The smallest absolute Gasteiger partial charge is 0.308 e. The number of esters is 1. The minimum Gasteiger partial charge on any atom is -0.481 e. The number of hydrogen-bond acceptors (Lipinski definition) is 11. The van der Waals surface area contributed by atoms with Crippen molar-refractivity contribution in [2.75, 3.05) is 46.4 Å². The molecule has 2 saturated carbocycles. The van der Waals surface area contributed by atoms with Gasteiger partial charge in [0.25, 0.3) is 11.8 Å². The molecule has 0 unspecified atom stereocenters. The third kappa shape index (κ3) is 11.7. The second kappa shape index (κ2) is 21.9. The van der Waals surface area contributed by atoms with Gasteiger partial charge in [0.05, 0.1) is 53.8 Å². The number of carbonyl (C=O) groups is 6. The molecule has 18 nitrogen and oxygen atoms in total. The molecule has 2 saturated heterocycles. The Morgan fingerprint density at radius 2 is 0.904 bits per heavy atom. The number of aromatic nitrogens is 6. The van der Waals surface area contributed by atoms with E-state index in [1.165, 1.54) is 7.11 Å². The summed E-state index contributed by atoms with van der Waals surface area (Å²) in [5.41, 5.74) is 5.16. The molecule has 0 bridgehead atoms. The first-order valence-electron chi connectivity index (χ1n) is 26.6. The van der Waals surface area contributed by atoms with Gasteiger partial charge in [-0.1, -0.05) is 55.4 Å². The second-order valence-corrected chi connectivity index (χ2v) is 23.5. The average Bonchev–Trinajstić information content (AvgIpc) is 3.99. The van der Waals surface area contributed by atoms with E-state index < -0.39 is 17.0 Å². The summed E-state index contributed by atoms with van der Waals surface area (Å²) in [5.74, 6) is -0.650. The number of ether oxygens (including phenoxy) is 1. The standard InChI is InChI=1S/C28H41N5O4.C27H39N5O4/c1-17(2)21-14-22(18(3)4)30-33-15-23(29-24(21)33)26(35)32-13-12-31(16-28(32,5)6)25(34)19-8-10-20(11-9-19)27(36)37-7;1-16(2)20-13-21(17(3)4)29-32-14-22(28-23(20)32)25(34)31-12-11-30(15-27(31,5)6)24(33)18-7-9-19(10-8-18)26(35)36/h14-15,17-20H,8-13,16H2,1-7H3;13-14,16-19H,7-12,15H2,1-6H3,(H,35,36). The fourth-order valence-corrected chi connectivity index (χ4v) is 11.2. The van der Waals surface area contributed by atoms with E-state index >= 15 is 0 Å². The Kier molecular flexibility index (Phi) is 16.4. The van der Waals surface area contributed by atoms with Crippen LogP contribution in [0, 0.1) is 23.7 Å². The molecule has 2 aliphatic heterocycles. The molecule has 0 spiro atoms. The van der Waals surface area contributed by atoms with Crippen LogP contribution in [-0.4, -0.2) is 147 Å². The van der Waals surface area contributed by atoms with Gasteiger partial charge in [0.1, 0.15) is 11.4 Å². The largest absolute Gasteiger partial charge is 0.481 e. The van der Waals surface area contributed by atoms with Crippen molar-refractivity contribution in [3.63, 3.8) is 0 Å². The molecule has 4 aromatic heterocycles. The fourth-order valence-electron chi connectivity index (χ4n) is 11.2. The van der Waals surface area contributed by atoms with E-state index in [9.17, 15) is 33.9 Å². The lowest BCUT2D eigenvalue weighted by Crippen LogP contribution is -2.62. The molecular formula is C55H80N10O8. The number of carboxylic acid groups (broad SMARTS) is 1. The highest BCUT2D eigenvalue weighted by molar-refractivity contribution is 5.95. The number of aliphatic carboxylic acids is 1. The number of methoxy groups -OCH3 is 1. The molecular weight excluding hydrogens is 929 g/mol. The lowest BCUT2D eigenvalue weighted by atomic mass is 9.81. The summed E-state index contributed by atoms with van der Waals surface area (Å²) in [7, 11) is 1.41. The first-order valence-corrected chi connectivity index (χ1v) is 26.6. The van der Waals surface area contributed by atoms with Gasteiger partial charge in [-0.2, -0.15) is 10.2 Å². The summed E-state index contributed by atoms with van der Waals surface area (Å²) in [6.07, 6.45) is 8.55. The lowest BCUT2D eigenvalue weighted by Gasteiger charge is -2.47. The zero-order chi connectivity index (χ0) is 53.4. The third-order valence-electron chi connectivity index (χ3n) is 15.8. The molecule has 4 aromatic rings. The van der Waals surface area contributed by atoms with Crippen LogP contribution in [0.15, 0.2) is 24.5 Å². The minimum absolute atomic E-state index is 0.0759. The highest BCUT2D eigenvalue weighted by atomic mass is 16.5. The molecule has 6 heterocycles. The molecule has 18 heteroatoms. The second-order valence-electron chi connectivity index (χ2n) is 23.5. The number of rotatable bonds is 10. The van der Waals surface area contributed by atoms with Crippen LogP contribution in [-0.2, 0) is 23.9 Å². The van der Waals surface area contributed by atoms with Crippen LogP contribution in [0.3, 0.4) is 0 Å². The summed E-state index contributed by atoms with van der Waals surface area (Å²) in [4.78, 5) is 93.7. The molecule has 0 radical (unpaired) electrons. The van der Waals surface area contributed by atoms with Gasteiger partial charge in [-0.3, -0.25) is 28.8 Å². The predicted molar refractivity (Wildman–Crippen MR) is 276 cm³/mol. The lowest BCUT2D eigenvalue weighted by molar-refractivity contribution is -0.149. The summed E-state index contributed by atoms with van der Waals surface area (Å²) in [5, 5.41) is 18.7. The average molecular weight is 1010 g/mol. The quantitative estimate of drug-likeness (QED) is 0.150. The zero-order valence-corrected chi connectivity index (χ0v) is 45.6. The van der Waals surface area contributed by atoms with Crippen LogP contribution in [0.1, 0.15) is 202 Å². The molecule has 4 amide bonds. The highest BCUT2D eigenvalue weighted by Gasteiger charge is 2.44. The van der Waals surface area contributed by atoms with Crippen molar-refractivity contribution in [1.82, 2.24) is 48.8 Å². The zero-order valence-electron chi connectivity index (χ0n) is 45.6. The van der Waals surface area contributed by atoms with E-state index in [4.69, 9.17) is 24.9 Å². The molecule has 4 fully saturated rings. The first-order chi connectivity index (χ1) is 34.3. The summed E-state index contributed by atoms with van der Waals surface area (Å²) in [6.45, 7) is 27.6. The molecule has 1 N–H and O–H groups in total. The van der Waals surface area contributed by atoms with E-state index in [0.717, 1.165) is 28.2 Å². The van der Waals surface area contributed by atoms with Gasteiger partial charge in [0.15, 0.2) is 11.3 Å². The van der Waals surface area contributed by atoms with Crippen LogP contribution in [0.5, 0.6) is 0 Å². The molecule has 2 aliphatic carbocycles. The SMILES string of the molecule is CC(C)c1cc(C(C)C)c2nc(C(=O)N3CCN(C(=O)C4CCC(C(=O)O)CC4)CC3(C)C)cn2n1.COC(=O)C1CCC(C(=O)N2CCN(C(=O)c3cn4nc(C(C)C)cc(C(C)C)c4n3)C(C)(C)C2)CC1. The number of hydrogen-bond donors (Lipinski definition) is 1. The summed E-state index contributed by atoms with van der Waals surface area (Å²) >= 11 is 0. The van der Waals surface area contributed by atoms with Gasteiger partial charge >= 0.3 is 11.9 Å². The fraction of sp³-hybridized carbons (Fsp3) is 0.673. The Hall–Kier alpha value is -5.94. The van der Waals surface area contributed by atoms with E-state index in [-0.39, 0.29) is 76.9 Å². The maximum atomic E-state index is 13.7. The van der Waals surface area contributed by atoms with Crippen LogP contribution >= 0.6 is 0 Å². The number of nitrogens with zero attached hydrogens (tertiary/aromatic N) is 10. The number of carbonyl (C=O) groups excluding carboxylic acids is 5. The minimum atomic E-state index is -0.766. The normalized spacial score (nSPS) is 22.3.